The highest BCUT2D eigenvalue weighted by atomic mass is 32.2. The molecule has 0 amide bonds. The largest absolute Gasteiger partial charge is 0.475 e. The topological polar surface area (TPSA) is 91.8 Å². The fourth-order valence-electron chi connectivity index (χ4n) is 1.09. The normalized spacial score (nSPS) is 10.7. The van der Waals surface area contributed by atoms with Crippen LogP contribution in [0.4, 0.5) is 0 Å². The molecule has 0 aliphatic rings. The van der Waals surface area contributed by atoms with E-state index in [1.807, 2.05) is 6.92 Å². The van der Waals surface area contributed by atoms with E-state index in [1.165, 1.54) is 18.0 Å². The number of carbonyl (C=O) groups is 1. The van der Waals surface area contributed by atoms with Crippen LogP contribution in [0.3, 0.4) is 0 Å². The number of thioether (sulfide) groups is 1. The maximum Gasteiger partial charge on any atom is 0.374 e. The number of imidazole rings is 1. The summed E-state index contributed by atoms with van der Waals surface area (Å²) in [5, 5.41) is 9.41. The lowest BCUT2D eigenvalue weighted by Gasteiger charge is -1.90. The fourth-order valence-corrected chi connectivity index (χ4v) is 1.70. The van der Waals surface area contributed by atoms with Gasteiger partial charge in [0.25, 0.3) is 0 Å². The van der Waals surface area contributed by atoms with Gasteiger partial charge in [0.1, 0.15) is 5.52 Å². The molecule has 2 heterocycles. The number of aromatic carboxylic acids is 1. The Morgan fingerprint density at radius 2 is 2.40 bits per heavy atom. The predicted octanol–water partition coefficient (Wildman–Crippen LogP) is 1.16. The number of H-pyrrole nitrogens is 1. The Kier molecular flexibility index (Phi) is 2.55. The van der Waals surface area contributed by atoms with Crippen LogP contribution >= 0.6 is 11.8 Å². The number of rotatable bonds is 3. The average Bonchev–Trinajstić information content (AvgIpc) is 2.59. The molecule has 78 valence electrons. The molecule has 0 saturated heterocycles. The molecule has 6 nitrogen and oxygen atoms in total. The van der Waals surface area contributed by atoms with E-state index in [0.29, 0.717) is 11.2 Å². The van der Waals surface area contributed by atoms with Crippen LogP contribution in [0.5, 0.6) is 0 Å². The number of nitrogens with zero attached hydrogens (tertiary/aromatic N) is 3. The van der Waals surface area contributed by atoms with E-state index >= 15 is 0 Å². The average molecular weight is 224 g/mol. The van der Waals surface area contributed by atoms with Crippen molar-refractivity contribution in [1.82, 2.24) is 19.9 Å². The molecule has 15 heavy (non-hydrogen) atoms. The molecule has 0 bridgehead atoms. The lowest BCUT2D eigenvalue weighted by molar-refractivity contribution is 0.0684. The van der Waals surface area contributed by atoms with Crippen molar-refractivity contribution in [2.75, 3.05) is 5.75 Å². The van der Waals surface area contributed by atoms with Gasteiger partial charge in [-0.15, -0.1) is 0 Å². The van der Waals surface area contributed by atoms with Gasteiger partial charge in [-0.2, -0.15) is 0 Å². The summed E-state index contributed by atoms with van der Waals surface area (Å²) in [7, 11) is 0. The first-order chi connectivity index (χ1) is 7.20. The van der Waals surface area contributed by atoms with E-state index in [-0.39, 0.29) is 5.82 Å². The molecular weight excluding hydrogens is 216 g/mol. The molecule has 0 aliphatic carbocycles. The summed E-state index contributed by atoms with van der Waals surface area (Å²) in [6.45, 7) is 2.01. The summed E-state index contributed by atoms with van der Waals surface area (Å²) < 4.78 is 0. The first kappa shape index (κ1) is 9.91. The van der Waals surface area contributed by atoms with E-state index in [2.05, 4.69) is 19.9 Å². The second-order valence-corrected chi connectivity index (χ2v) is 3.96. The Morgan fingerprint density at radius 1 is 1.60 bits per heavy atom. The molecule has 2 aromatic heterocycles. The van der Waals surface area contributed by atoms with Crippen molar-refractivity contribution in [2.45, 2.75) is 12.1 Å². The summed E-state index contributed by atoms with van der Waals surface area (Å²) >= 11 is 1.53. The molecule has 0 atom stereocenters. The standard InChI is InChI=1S/C8H8N4O2S/c1-2-15-8-10-4-3-9-6(7(13)14)11-5(4)12-8/h3H,2H2,1H3,(H,13,14)(H,9,10,11,12). The van der Waals surface area contributed by atoms with Crippen molar-refractivity contribution in [1.29, 1.82) is 0 Å². The molecular formula is C8H8N4O2S. The summed E-state index contributed by atoms with van der Waals surface area (Å²) in [5.41, 5.74) is 1.04. The summed E-state index contributed by atoms with van der Waals surface area (Å²) in [6.07, 6.45) is 1.43. The number of carboxylic acids is 1. The van der Waals surface area contributed by atoms with Gasteiger partial charge in [0.15, 0.2) is 10.8 Å². The monoisotopic (exact) mass is 224 g/mol. The van der Waals surface area contributed by atoms with Gasteiger partial charge in [-0.3, -0.25) is 0 Å². The van der Waals surface area contributed by atoms with Crippen molar-refractivity contribution in [3.63, 3.8) is 0 Å². The van der Waals surface area contributed by atoms with E-state index in [9.17, 15) is 4.79 Å². The maximum atomic E-state index is 10.6. The van der Waals surface area contributed by atoms with Gasteiger partial charge < -0.3 is 10.1 Å². The van der Waals surface area contributed by atoms with Crippen LogP contribution in [0.2, 0.25) is 0 Å². The Balaban J connectivity index is 2.47. The number of carboxylic acid groups (broad SMARTS) is 1. The number of nitrogens with one attached hydrogen (secondary N) is 1. The number of fused-ring (bicyclic) bond motifs is 1. The molecule has 0 radical (unpaired) electrons. The zero-order valence-electron chi connectivity index (χ0n) is 7.89. The van der Waals surface area contributed by atoms with Gasteiger partial charge in [-0.1, -0.05) is 18.7 Å². The third kappa shape index (κ3) is 1.91. The summed E-state index contributed by atoms with van der Waals surface area (Å²) in [6, 6.07) is 0. The molecule has 0 unspecified atom stereocenters. The van der Waals surface area contributed by atoms with Crippen molar-refractivity contribution < 1.29 is 9.90 Å². The summed E-state index contributed by atoms with van der Waals surface area (Å²) in [5.74, 6) is -0.495. The second kappa shape index (κ2) is 3.85. The zero-order chi connectivity index (χ0) is 10.8. The Hall–Kier alpha value is -1.63. The summed E-state index contributed by atoms with van der Waals surface area (Å²) in [4.78, 5) is 25.2. The maximum absolute atomic E-state index is 10.6. The van der Waals surface area contributed by atoms with E-state index in [0.717, 1.165) is 10.9 Å². The number of aromatic nitrogens is 4. The second-order valence-electron chi connectivity index (χ2n) is 2.71. The van der Waals surface area contributed by atoms with Crippen molar-refractivity contribution in [3.05, 3.63) is 12.0 Å². The highest BCUT2D eigenvalue weighted by Crippen LogP contribution is 2.16. The van der Waals surface area contributed by atoms with Crippen LogP contribution in [0.25, 0.3) is 11.2 Å². The minimum atomic E-state index is -1.15. The fraction of sp³-hybridized carbons (Fsp3) is 0.250. The Morgan fingerprint density at radius 3 is 3.07 bits per heavy atom. The van der Waals surface area contributed by atoms with Gasteiger partial charge >= 0.3 is 5.97 Å². The van der Waals surface area contributed by atoms with Gasteiger partial charge in [0.2, 0.25) is 5.82 Å². The van der Waals surface area contributed by atoms with Crippen LogP contribution < -0.4 is 0 Å². The van der Waals surface area contributed by atoms with Crippen LogP contribution in [0, 0.1) is 0 Å². The van der Waals surface area contributed by atoms with Gasteiger partial charge in [-0.05, 0) is 5.75 Å². The lowest BCUT2D eigenvalue weighted by Crippen LogP contribution is -2.03. The third-order valence-electron chi connectivity index (χ3n) is 1.69. The highest BCUT2D eigenvalue weighted by Gasteiger charge is 2.10. The minimum absolute atomic E-state index is 0.234. The van der Waals surface area contributed by atoms with Gasteiger partial charge in [-0.25, -0.2) is 19.7 Å². The first-order valence-corrected chi connectivity index (χ1v) is 5.28. The van der Waals surface area contributed by atoms with E-state index in [1.54, 1.807) is 0 Å². The van der Waals surface area contributed by atoms with Crippen molar-refractivity contribution in [3.8, 4) is 0 Å². The van der Waals surface area contributed by atoms with Gasteiger partial charge in [0, 0.05) is 0 Å². The smallest absolute Gasteiger partial charge is 0.374 e. The molecule has 2 aromatic rings. The number of aromatic amines is 1. The predicted molar refractivity (Wildman–Crippen MR) is 55.0 cm³/mol. The quantitative estimate of drug-likeness (QED) is 0.760. The van der Waals surface area contributed by atoms with Gasteiger partial charge in [0.05, 0.1) is 6.20 Å². The molecule has 0 fully saturated rings. The Bertz CT molecular complexity index is 510. The van der Waals surface area contributed by atoms with Crippen LogP contribution in [0.1, 0.15) is 17.5 Å². The molecule has 0 saturated carbocycles. The van der Waals surface area contributed by atoms with E-state index in [4.69, 9.17) is 5.11 Å². The van der Waals surface area contributed by atoms with Crippen LogP contribution in [-0.2, 0) is 0 Å². The van der Waals surface area contributed by atoms with Crippen molar-refractivity contribution >= 4 is 28.9 Å². The molecule has 0 spiro atoms. The van der Waals surface area contributed by atoms with Crippen molar-refractivity contribution in [2.24, 2.45) is 0 Å². The molecule has 2 rings (SSSR count). The SMILES string of the molecule is CCSc1nc2nc(C(=O)O)ncc2[nH]1. The zero-order valence-corrected chi connectivity index (χ0v) is 8.71. The Labute approximate surface area is 89.2 Å². The minimum Gasteiger partial charge on any atom is -0.475 e. The number of hydrogen-bond donors (Lipinski definition) is 2. The lowest BCUT2D eigenvalue weighted by atomic mass is 10.5. The molecule has 2 N–H and O–H groups in total. The molecule has 0 aliphatic heterocycles. The van der Waals surface area contributed by atoms with Crippen LogP contribution in [0.15, 0.2) is 11.4 Å². The molecule has 0 aromatic carbocycles. The highest BCUT2D eigenvalue weighted by molar-refractivity contribution is 7.99. The molecule has 7 heteroatoms. The first-order valence-electron chi connectivity index (χ1n) is 4.29. The van der Waals surface area contributed by atoms with E-state index < -0.39 is 5.97 Å². The third-order valence-corrected chi connectivity index (χ3v) is 2.45. The number of hydrogen-bond acceptors (Lipinski definition) is 5. The van der Waals surface area contributed by atoms with Crippen LogP contribution in [-0.4, -0.2) is 36.8 Å².